The first-order valence-electron chi connectivity index (χ1n) is 7.08. The fourth-order valence-electron chi connectivity index (χ4n) is 3.45. The molecule has 1 aliphatic heterocycles. The summed E-state index contributed by atoms with van der Waals surface area (Å²) in [5.74, 6) is 1.77. The van der Waals surface area contributed by atoms with Crippen LogP contribution in [0.3, 0.4) is 0 Å². The van der Waals surface area contributed by atoms with E-state index < -0.39 is 0 Å². The summed E-state index contributed by atoms with van der Waals surface area (Å²) in [4.78, 5) is 14.2. The van der Waals surface area contributed by atoms with Crippen LogP contribution in [0.15, 0.2) is 0 Å². The molecular formula is C14H25ClN2O. The van der Waals surface area contributed by atoms with Crippen LogP contribution in [-0.2, 0) is 4.79 Å². The maximum atomic E-state index is 12.3. The van der Waals surface area contributed by atoms with Crippen LogP contribution in [0.2, 0.25) is 0 Å². The van der Waals surface area contributed by atoms with Crippen LogP contribution in [0.25, 0.3) is 0 Å². The summed E-state index contributed by atoms with van der Waals surface area (Å²) >= 11 is 5.96. The highest BCUT2D eigenvalue weighted by Gasteiger charge is 2.45. The summed E-state index contributed by atoms with van der Waals surface area (Å²) in [5.41, 5.74) is 6.32. The number of rotatable bonds is 3. The standard InChI is InChI=1S/C14H25ClN2O/c1-10(2)12(16)13(18)17-6-5-14(9-17)4-3-11(7-14)8-15/h10-12H,3-9,16H2,1-2H3/t11-,12-,14-/m1/s1. The summed E-state index contributed by atoms with van der Waals surface area (Å²) < 4.78 is 0. The molecule has 0 bridgehead atoms. The zero-order chi connectivity index (χ0) is 13.3. The second-order valence-electron chi connectivity index (χ2n) is 6.54. The second-order valence-corrected chi connectivity index (χ2v) is 6.85. The van der Waals surface area contributed by atoms with E-state index in [1.165, 1.54) is 19.3 Å². The molecule has 4 heteroatoms. The minimum Gasteiger partial charge on any atom is -0.341 e. The average Bonchev–Trinajstić information content (AvgIpc) is 2.95. The van der Waals surface area contributed by atoms with Gasteiger partial charge < -0.3 is 10.6 Å². The van der Waals surface area contributed by atoms with Crippen LogP contribution in [-0.4, -0.2) is 35.8 Å². The lowest BCUT2D eigenvalue weighted by Gasteiger charge is -2.26. The predicted molar refractivity (Wildman–Crippen MR) is 74.5 cm³/mol. The smallest absolute Gasteiger partial charge is 0.239 e. The normalized spacial score (nSPS) is 33.6. The van der Waals surface area contributed by atoms with Crippen LogP contribution in [0.5, 0.6) is 0 Å². The van der Waals surface area contributed by atoms with Gasteiger partial charge in [0, 0.05) is 19.0 Å². The number of nitrogens with zero attached hydrogens (tertiary/aromatic N) is 1. The molecule has 2 N–H and O–H groups in total. The molecule has 1 spiro atoms. The van der Waals surface area contributed by atoms with Gasteiger partial charge in [0.25, 0.3) is 0 Å². The molecule has 1 amide bonds. The van der Waals surface area contributed by atoms with Gasteiger partial charge in [-0.25, -0.2) is 0 Å². The van der Waals surface area contributed by atoms with Gasteiger partial charge in [-0.3, -0.25) is 4.79 Å². The highest BCUT2D eigenvalue weighted by atomic mass is 35.5. The Balaban J connectivity index is 1.94. The highest BCUT2D eigenvalue weighted by molar-refractivity contribution is 6.18. The molecule has 2 aliphatic rings. The molecule has 1 aliphatic carbocycles. The topological polar surface area (TPSA) is 46.3 Å². The molecule has 0 unspecified atom stereocenters. The van der Waals surface area contributed by atoms with E-state index in [4.69, 9.17) is 17.3 Å². The Morgan fingerprint density at radius 2 is 2.22 bits per heavy atom. The van der Waals surface area contributed by atoms with Crippen molar-refractivity contribution >= 4 is 17.5 Å². The number of carbonyl (C=O) groups excluding carboxylic acids is 1. The van der Waals surface area contributed by atoms with Crippen molar-refractivity contribution in [2.24, 2.45) is 23.0 Å². The van der Waals surface area contributed by atoms with Gasteiger partial charge in [-0.05, 0) is 42.9 Å². The Morgan fingerprint density at radius 3 is 2.78 bits per heavy atom. The molecular weight excluding hydrogens is 248 g/mol. The van der Waals surface area contributed by atoms with E-state index in [1.54, 1.807) is 0 Å². The van der Waals surface area contributed by atoms with Crippen LogP contribution < -0.4 is 5.73 Å². The van der Waals surface area contributed by atoms with Crippen molar-refractivity contribution in [1.82, 2.24) is 4.90 Å². The Kier molecular flexibility index (Phi) is 4.22. The van der Waals surface area contributed by atoms with Gasteiger partial charge in [0.2, 0.25) is 5.91 Å². The fourth-order valence-corrected chi connectivity index (χ4v) is 3.71. The van der Waals surface area contributed by atoms with Gasteiger partial charge in [0.1, 0.15) is 0 Å². The molecule has 104 valence electrons. The van der Waals surface area contributed by atoms with E-state index in [0.29, 0.717) is 11.3 Å². The number of likely N-dealkylation sites (tertiary alicyclic amines) is 1. The molecule has 0 aromatic rings. The van der Waals surface area contributed by atoms with Gasteiger partial charge in [0.15, 0.2) is 0 Å². The Bertz CT molecular complexity index is 321. The number of amides is 1. The molecule has 3 nitrogen and oxygen atoms in total. The maximum absolute atomic E-state index is 12.3. The third-order valence-corrected chi connectivity index (χ3v) is 5.21. The highest BCUT2D eigenvalue weighted by Crippen LogP contribution is 2.48. The van der Waals surface area contributed by atoms with Gasteiger partial charge in [0.05, 0.1) is 6.04 Å². The van der Waals surface area contributed by atoms with E-state index in [1.807, 2.05) is 18.7 Å². The number of halogens is 1. The monoisotopic (exact) mass is 272 g/mol. The Hall–Kier alpha value is -0.280. The van der Waals surface area contributed by atoms with Crippen LogP contribution >= 0.6 is 11.6 Å². The minimum atomic E-state index is -0.342. The average molecular weight is 273 g/mol. The van der Waals surface area contributed by atoms with Crippen molar-refractivity contribution in [1.29, 1.82) is 0 Å². The largest absolute Gasteiger partial charge is 0.341 e. The van der Waals surface area contributed by atoms with Crippen LogP contribution in [0.1, 0.15) is 39.5 Å². The van der Waals surface area contributed by atoms with Gasteiger partial charge in [-0.15, -0.1) is 11.6 Å². The molecule has 2 rings (SSSR count). The van der Waals surface area contributed by atoms with Gasteiger partial charge >= 0.3 is 0 Å². The Labute approximate surface area is 115 Å². The van der Waals surface area contributed by atoms with Crippen molar-refractivity contribution in [3.8, 4) is 0 Å². The lowest BCUT2D eigenvalue weighted by molar-refractivity contribution is -0.132. The maximum Gasteiger partial charge on any atom is 0.239 e. The molecule has 0 aromatic heterocycles. The van der Waals surface area contributed by atoms with E-state index in [0.717, 1.165) is 25.4 Å². The van der Waals surface area contributed by atoms with E-state index >= 15 is 0 Å². The molecule has 1 heterocycles. The van der Waals surface area contributed by atoms with Crippen molar-refractivity contribution in [2.75, 3.05) is 19.0 Å². The van der Waals surface area contributed by atoms with Crippen LogP contribution in [0.4, 0.5) is 0 Å². The minimum absolute atomic E-state index is 0.135. The summed E-state index contributed by atoms with van der Waals surface area (Å²) in [6.45, 7) is 5.80. The molecule has 1 saturated carbocycles. The molecule has 0 radical (unpaired) electrons. The zero-order valence-corrected chi connectivity index (χ0v) is 12.2. The van der Waals surface area contributed by atoms with E-state index in [2.05, 4.69) is 0 Å². The first-order chi connectivity index (χ1) is 8.47. The number of hydrogen-bond donors (Lipinski definition) is 1. The summed E-state index contributed by atoms with van der Waals surface area (Å²) in [7, 11) is 0. The summed E-state index contributed by atoms with van der Waals surface area (Å²) in [5, 5.41) is 0. The first kappa shape index (κ1) is 14.1. The number of hydrogen-bond acceptors (Lipinski definition) is 2. The number of alkyl halides is 1. The molecule has 18 heavy (non-hydrogen) atoms. The predicted octanol–water partition coefficient (Wildman–Crippen LogP) is 2.23. The van der Waals surface area contributed by atoms with E-state index in [-0.39, 0.29) is 17.9 Å². The lowest BCUT2D eigenvalue weighted by atomic mass is 9.85. The third-order valence-electron chi connectivity index (χ3n) is 4.78. The fraction of sp³-hybridized carbons (Fsp3) is 0.929. The third kappa shape index (κ3) is 2.67. The summed E-state index contributed by atoms with van der Waals surface area (Å²) in [6.07, 6.45) is 4.78. The lowest BCUT2D eigenvalue weighted by Crippen LogP contribution is -2.46. The SMILES string of the molecule is CC(C)[C@@H](N)C(=O)N1CC[C@@]2(CC[C@@H](CCl)C2)C1. The van der Waals surface area contributed by atoms with E-state index in [9.17, 15) is 4.79 Å². The van der Waals surface area contributed by atoms with Crippen molar-refractivity contribution in [3.05, 3.63) is 0 Å². The quantitative estimate of drug-likeness (QED) is 0.801. The Morgan fingerprint density at radius 1 is 1.50 bits per heavy atom. The van der Waals surface area contributed by atoms with Gasteiger partial charge in [-0.1, -0.05) is 13.8 Å². The van der Waals surface area contributed by atoms with Gasteiger partial charge in [-0.2, -0.15) is 0 Å². The summed E-state index contributed by atoms with van der Waals surface area (Å²) in [6, 6.07) is -0.342. The van der Waals surface area contributed by atoms with Crippen molar-refractivity contribution < 1.29 is 4.79 Å². The molecule has 0 aromatic carbocycles. The zero-order valence-electron chi connectivity index (χ0n) is 11.5. The molecule has 1 saturated heterocycles. The van der Waals surface area contributed by atoms with Crippen molar-refractivity contribution in [3.63, 3.8) is 0 Å². The first-order valence-corrected chi connectivity index (χ1v) is 7.61. The molecule has 2 fully saturated rings. The van der Waals surface area contributed by atoms with Crippen molar-refractivity contribution in [2.45, 2.75) is 45.6 Å². The number of carbonyl (C=O) groups is 1. The number of nitrogens with two attached hydrogens (primary N) is 1. The molecule has 3 atom stereocenters. The second kappa shape index (κ2) is 5.38. The van der Waals surface area contributed by atoms with Crippen LogP contribution in [0, 0.1) is 17.3 Å².